The minimum atomic E-state index is -3.22. The molecule has 3 aromatic carbocycles. The predicted molar refractivity (Wildman–Crippen MR) is 157 cm³/mol. The van der Waals surface area contributed by atoms with Crippen LogP contribution < -0.4 is 10.6 Å². The lowest BCUT2D eigenvalue weighted by molar-refractivity contribution is 0.153. The second-order valence-electron chi connectivity index (χ2n) is 9.67. The van der Waals surface area contributed by atoms with Crippen LogP contribution in [0.3, 0.4) is 0 Å². The highest BCUT2D eigenvalue weighted by Crippen LogP contribution is 2.34. The lowest BCUT2D eigenvalue weighted by Gasteiger charge is -2.36. The molecule has 0 spiro atoms. The molecule has 1 heterocycles. The number of nitrogens with zero attached hydrogens (tertiary/aromatic N) is 2. The van der Waals surface area contributed by atoms with Crippen LogP contribution in [-0.2, 0) is 10.0 Å². The van der Waals surface area contributed by atoms with E-state index in [0.717, 1.165) is 29.5 Å². The Labute approximate surface area is 240 Å². The van der Waals surface area contributed by atoms with Gasteiger partial charge in [0.05, 0.1) is 17.4 Å². The summed E-state index contributed by atoms with van der Waals surface area (Å²) in [6, 6.07) is 22.9. The average Bonchev–Trinajstić information content (AvgIpc) is 2.93. The third-order valence-corrected chi connectivity index (χ3v) is 9.50. The van der Waals surface area contributed by atoms with Crippen molar-refractivity contribution in [2.75, 3.05) is 30.7 Å². The van der Waals surface area contributed by atoms with Crippen LogP contribution in [0, 0.1) is 17.2 Å². The van der Waals surface area contributed by atoms with Crippen molar-refractivity contribution in [3.63, 3.8) is 0 Å². The Morgan fingerprint density at radius 1 is 1.03 bits per heavy atom. The molecule has 2 unspecified atom stereocenters. The molecule has 3 aromatic rings. The topological polar surface area (TPSA) is 105 Å². The number of rotatable bonds is 10. The molecule has 0 saturated carbocycles. The maximum absolute atomic E-state index is 12.4. The predicted octanol–water partition coefficient (Wildman–Crippen LogP) is 5.65. The maximum atomic E-state index is 12.4. The summed E-state index contributed by atoms with van der Waals surface area (Å²) in [5.41, 5.74) is 4.26. The van der Waals surface area contributed by atoms with Gasteiger partial charge in [-0.2, -0.15) is 5.26 Å². The molecule has 1 saturated heterocycles. The Morgan fingerprint density at radius 3 is 2.31 bits per heavy atom. The van der Waals surface area contributed by atoms with Gasteiger partial charge in [-0.15, -0.1) is 0 Å². The molecule has 0 aliphatic carbocycles. The number of piperidine rings is 1. The molecule has 3 N–H and O–H groups in total. The number of anilines is 1. The largest absolute Gasteiger partial charge is 0.361 e. The van der Waals surface area contributed by atoms with Crippen LogP contribution in [0.4, 0.5) is 5.69 Å². The smallest absolute Gasteiger partial charge is 0.213 e. The first kappa shape index (κ1) is 29.3. The van der Waals surface area contributed by atoms with Crippen LogP contribution in [0.15, 0.2) is 66.7 Å². The highest BCUT2D eigenvalue weighted by molar-refractivity contribution is 7.89. The number of aliphatic hydroxyl groups excluding tert-OH is 1. The van der Waals surface area contributed by atoms with Gasteiger partial charge in [0.2, 0.25) is 10.0 Å². The number of nitrogens with one attached hydrogen (secondary N) is 2. The zero-order chi connectivity index (χ0) is 28.0. The standard InChI is InChI=1S/C29H32Cl2N4O3S/c1-2-39(37,38)35-12-10-23(11-13-35)28(19-33-29(36)34-27-16-25(30)15-26(31)17-27)22-8-6-21(7-9-22)24-5-3-4-20(14-24)18-32/h3-9,14-17,23,28-29,33-34,36H,2,10-13,19H2,1H3. The first-order valence-corrected chi connectivity index (χ1v) is 15.3. The summed E-state index contributed by atoms with van der Waals surface area (Å²) >= 11 is 12.2. The third kappa shape index (κ3) is 7.73. The summed E-state index contributed by atoms with van der Waals surface area (Å²) in [5, 5.41) is 27.0. The summed E-state index contributed by atoms with van der Waals surface area (Å²) in [6.07, 6.45) is 0.409. The lowest BCUT2D eigenvalue weighted by Crippen LogP contribution is -2.43. The van der Waals surface area contributed by atoms with E-state index in [4.69, 9.17) is 23.2 Å². The summed E-state index contributed by atoms with van der Waals surface area (Å²) in [5.74, 6) is 0.361. The molecule has 206 valence electrons. The first-order valence-electron chi connectivity index (χ1n) is 12.9. The molecule has 0 radical (unpaired) electrons. The minimum Gasteiger partial charge on any atom is -0.361 e. The SMILES string of the molecule is CCS(=O)(=O)N1CCC(C(CNC(O)Nc2cc(Cl)cc(Cl)c2)c2ccc(-c3cccc(C#N)c3)cc2)CC1. The molecule has 4 rings (SSSR count). The number of hydrogen-bond acceptors (Lipinski definition) is 6. The van der Waals surface area contributed by atoms with Crippen LogP contribution in [0.25, 0.3) is 11.1 Å². The summed E-state index contributed by atoms with van der Waals surface area (Å²) in [4.78, 5) is 0. The summed E-state index contributed by atoms with van der Waals surface area (Å²) in [6.45, 7) is 3.11. The van der Waals surface area contributed by atoms with E-state index in [2.05, 4.69) is 28.8 Å². The van der Waals surface area contributed by atoms with Crippen molar-refractivity contribution in [2.24, 2.45) is 5.92 Å². The van der Waals surface area contributed by atoms with E-state index in [9.17, 15) is 18.8 Å². The van der Waals surface area contributed by atoms with Gasteiger partial charge in [0.25, 0.3) is 0 Å². The monoisotopic (exact) mass is 586 g/mol. The van der Waals surface area contributed by atoms with E-state index in [0.29, 0.717) is 40.9 Å². The molecule has 39 heavy (non-hydrogen) atoms. The Bertz CT molecular complexity index is 1400. The quantitative estimate of drug-likeness (QED) is 0.265. The zero-order valence-corrected chi connectivity index (χ0v) is 24.0. The van der Waals surface area contributed by atoms with Gasteiger partial charge in [-0.25, -0.2) is 12.7 Å². The zero-order valence-electron chi connectivity index (χ0n) is 21.6. The van der Waals surface area contributed by atoms with Crippen LogP contribution in [-0.4, -0.2) is 49.6 Å². The van der Waals surface area contributed by atoms with Crippen molar-refractivity contribution >= 4 is 38.9 Å². The molecular weight excluding hydrogens is 555 g/mol. The number of halogens is 2. The van der Waals surface area contributed by atoms with E-state index in [1.165, 1.54) is 0 Å². The van der Waals surface area contributed by atoms with E-state index >= 15 is 0 Å². The molecule has 10 heteroatoms. The van der Waals surface area contributed by atoms with E-state index < -0.39 is 16.4 Å². The molecule has 2 atom stereocenters. The van der Waals surface area contributed by atoms with Crippen LogP contribution in [0.5, 0.6) is 0 Å². The van der Waals surface area contributed by atoms with E-state index in [1.807, 2.05) is 30.3 Å². The highest BCUT2D eigenvalue weighted by Gasteiger charge is 2.32. The summed E-state index contributed by atoms with van der Waals surface area (Å²) < 4.78 is 26.4. The Hall–Kier alpha value is -2.64. The first-order chi connectivity index (χ1) is 18.7. The molecule has 1 fully saturated rings. The van der Waals surface area contributed by atoms with Crippen LogP contribution in [0.1, 0.15) is 36.8 Å². The van der Waals surface area contributed by atoms with Crippen LogP contribution in [0.2, 0.25) is 10.0 Å². The normalized spacial score (nSPS) is 16.4. The van der Waals surface area contributed by atoms with Gasteiger partial charge in [0.1, 0.15) is 0 Å². The molecular formula is C29H32Cl2N4O3S. The molecule has 1 aliphatic rings. The highest BCUT2D eigenvalue weighted by atomic mass is 35.5. The molecule has 0 amide bonds. The number of sulfonamides is 1. The van der Waals surface area contributed by atoms with E-state index in [-0.39, 0.29) is 17.6 Å². The van der Waals surface area contributed by atoms with Gasteiger partial charge >= 0.3 is 0 Å². The fraction of sp³-hybridized carbons (Fsp3) is 0.345. The fourth-order valence-corrected chi connectivity index (χ4v) is 6.73. The maximum Gasteiger partial charge on any atom is 0.213 e. The average molecular weight is 588 g/mol. The van der Waals surface area contributed by atoms with Gasteiger partial charge in [0, 0.05) is 35.4 Å². The molecule has 0 aromatic heterocycles. The van der Waals surface area contributed by atoms with Gasteiger partial charge < -0.3 is 10.4 Å². The van der Waals surface area contributed by atoms with Crippen molar-refractivity contribution in [3.8, 4) is 17.2 Å². The van der Waals surface area contributed by atoms with Crippen molar-refractivity contribution in [2.45, 2.75) is 32.0 Å². The summed E-state index contributed by atoms with van der Waals surface area (Å²) in [7, 11) is -3.22. The van der Waals surface area contributed by atoms with E-state index in [1.54, 1.807) is 35.5 Å². The Kier molecular flexibility index (Phi) is 9.89. The van der Waals surface area contributed by atoms with Crippen molar-refractivity contribution < 1.29 is 13.5 Å². The van der Waals surface area contributed by atoms with Crippen molar-refractivity contribution in [1.29, 1.82) is 5.26 Å². The third-order valence-electron chi connectivity index (χ3n) is 7.19. The number of nitriles is 1. The number of aliphatic hydroxyl groups is 1. The molecule has 7 nitrogen and oxygen atoms in total. The second-order valence-corrected chi connectivity index (χ2v) is 12.8. The van der Waals surface area contributed by atoms with Crippen molar-refractivity contribution in [1.82, 2.24) is 9.62 Å². The van der Waals surface area contributed by atoms with Gasteiger partial charge in [-0.3, -0.25) is 5.32 Å². The molecule has 1 aliphatic heterocycles. The minimum absolute atomic E-state index is 0.0374. The van der Waals surface area contributed by atoms with Gasteiger partial charge in [-0.1, -0.05) is 59.6 Å². The van der Waals surface area contributed by atoms with Crippen molar-refractivity contribution in [3.05, 3.63) is 87.9 Å². The second kappa shape index (κ2) is 13.1. The number of hydrogen-bond donors (Lipinski definition) is 3. The number of benzene rings is 3. The molecule has 0 bridgehead atoms. The van der Waals surface area contributed by atoms with Crippen LogP contribution >= 0.6 is 23.2 Å². The Balaban J connectivity index is 1.51. The Morgan fingerprint density at radius 2 is 1.69 bits per heavy atom. The fourth-order valence-electron chi connectivity index (χ4n) is 5.07. The van der Waals surface area contributed by atoms with Gasteiger partial charge in [0.15, 0.2) is 6.35 Å². The lowest BCUT2D eigenvalue weighted by atomic mass is 9.80. The van der Waals surface area contributed by atoms with Gasteiger partial charge in [-0.05, 0) is 78.6 Å².